The van der Waals surface area contributed by atoms with Crippen LogP contribution >= 0.6 is 27.5 Å². The zero-order valence-corrected chi connectivity index (χ0v) is 32.9. The molecule has 0 bridgehead atoms. The molecule has 0 fully saturated rings. The number of halogens is 2. The molecule has 7 rings (SSSR count). The summed E-state index contributed by atoms with van der Waals surface area (Å²) < 4.78 is 19.3. The van der Waals surface area contributed by atoms with Gasteiger partial charge in [0.25, 0.3) is 0 Å². The highest BCUT2D eigenvalue weighted by atomic mass is 79.9. The van der Waals surface area contributed by atoms with Crippen molar-refractivity contribution in [3.8, 4) is 46.1 Å². The van der Waals surface area contributed by atoms with Gasteiger partial charge in [-0.3, -0.25) is 14.8 Å². The van der Waals surface area contributed by atoms with Gasteiger partial charge in [-0.1, -0.05) is 48.0 Å². The number of hydrogen-bond acceptors (Lipinski definition) is 10. The van der Waals surface area contributed by atoms with E-state index in [1.807, 2.05) is 30.3 Å². The van der Waals surface area contributed by atoms with Crippen molar-refractivity contribution in [2.45, 2.75) is 52.2 Å². The number of hydrogen-bond donors (Lipinski definition) is 2. The Balaban J connectivity index is 1.17. The lowest BCUT2D eigenvalue weighted by Crippen LogP contribution is -2.24. The molecular formula is C42H38BrClN6O5. The molecular weight excluding hydrogens is 784 g/mol. The Morgan fingerprint density at radius 1 is 1.04 bits per heavy atom. The topological polar surface area (TPSA) is 152 Å². The van der Waals surface area contributed by atoms with Crippen LogP contribution < -0.4 is 19.5 Å². The number of carboxylic acid groups (broad SMARTS) is 1. The maximum Gasteiger partial charge on any atom is 0.309 e. The van der Waals surface area contributed by atoms with Crippen LogP contribution in [-0.2, 0) is 24.2 Å². The number of nitrogens with one attached hydrogen (secondary N) is 1. The van der Waals surface area contributed by atoms with Crippen LogP contribution in [0.25, 0.3) is 22.4 Å². The standard InChI is InChI=1S/C42H38BrClN6O5/c1-42(2,41(51)52)15-14-26-19-33(44)40(50-38(26)54-23-25-18-24(20-45)21-46-22-25)55-35-13-11-28-27(6-4-7-29(28)35)30-8-5-9-31(36(30)43)34-12-10-32(39(49-34)53-3)37-47-16-17-48-37/h4-10,12,18-19,21-22,35H,11,13-17,23H2,1-3H3,(H,47,48)(H,51,52)/t35-/m0/s1. The second kappa shape index (κ2) is 16.1. The first-order valence-electron chi connectivity index (χ1n) is 17.9. The van der Waals surface area contributed by atoms with Gasteiger partial charge < -0.3 is 24.6 Å². The van der Waals surface area contributed by atoms with E-state index in [0.29, 0.717) is 46.9 Å². The number of aliphatic imine (C=N–C) groups is 1. The molecule has 0 radical (unpaired) electrons. The lowest BCUT2D eigenvalue weighted by atomic mass is 9.86. The van der Waals surface area contributed by atoms with Crippen LogP contribution in [0.15, 0.2) is 82.5 Å². The van der Waals surface area contributed by atoms with Crippen LogP contribution in [0, 0.1) is 16.7 Å². The summed E-state index contributed by atoms with van der Waals surface area (Å²) in [6.07, 6.45) is 4.95. The Morgan fingerprint density at radius 2 is 1.84 bits per heavy atom. The van der Waals surface area contributed by atoms with E-state index < -0.39 is 11.4 Å². The fraction of sp³-hybridized carbons (Fsp3) is 0.286. The molecule has 2 N–H and O–H groups in total. The van der Waals surface area contributed by atoms with Crippen molar-refractivity contribution >= 4 is 39.3 Å². The van der Waals surface area contributed by atoms with Gasteiger partial charge in [0.1, 0.15) is 29.6 Å². The molecule has 280 valence electrons. The highest BCUT2D eigenvalue weighted by Gasteiger charge is 2.31. The van der Waals surface area contributed by atoms with Crippen molar-refractivity contribution in [1.82, 2.24) is 20.3 Å². The molecule has 0 spiro atoms. The molecule has 1 aliphatic carbocycles. The van der Waals surface area contributed by atoms with E-state index >= 15 is 0 Å². The smallest absolute Gasteiger partial charge is 0.309 e. The maximum atomic E-state index is 11.9. The first-order valence-corrected chi connectivity index (χ1v) is 19.0. The van der Waals surface area contributed by atoms with E-state index in [-0.39, 0.29) is 24.5 Å². The lowest BCUT2D eigenvalue weighted by Gasteiger charge is -2.21. The van der Waals surface area contributed by atoms with Gasteiger partial charge in [0.2, 0.25) is 17.6 Å². The SMILES string of the molecule is COc1nc(-c2cccc(-c3cccc4c3CC[C@@H]4Oc3nc(OCc4cncc(C#N)c4)c(CCC(C)(C)C(=O)O)cc3Cl)c2Br)ccc1C1=NCCN1. The number of carbonyl (C=O) groups is 1. The van der Waals surface area contributed by atoms with Crippen LogP contribution in [-0.4, -0.2) is 52.1 Å². The van der Waals surface area contributed by atoms with Gasteiger partial charge in [0.15, 0.2) is 0 Å². The number of fused-ring (bicyclic) bond motifs is 1. The van der Waals surface area contributed by atoms with Crippen molar-refractivity contribution < 1.29 is 24.1 Å². The summed E-state index contributed by atoms with van der Waals surface area (Å²) in [5.74, 6) is 0.893. The Hall–Kier alpha value is -5.51. The van der Waals surface area contributed by atoms with Crippen molar-refractivity contribution in [3.05, 3.63) is 116 Å². The lowest BCUT2D eigenvalue weighted by molar-refractivity contribution is -0.147. The molecule has 5 aromatic rings. The number of aliphatic carboxylic acids is 1. The molecule has 11 nitrogen and oxygen atoms in total. The van der Waals surface area contributed by atoms with Gasteiger partial charge >= 0.3 is 5.97 Å². The van der Waals surface area contributed by atoms with E-state index in [4.69, 9.17) is 35.8 Å². The molecule has 0 amide bonds. The number of nitriles is 1. The molecule has 1 atom stereocenters. The van der Waals surface area contributed by atoms with Crippen molar-refractivity contribution in [2.24, 2.45) is 10.4 Å². The Labute approximate surface area is 332 Å². The van der Waals surface area contributed by atoms with Crippen molar-refractivity contribution in [1.29, 1.82) is 5.26 Å². The number of carboxylic acids is 1. The fourth-order valence-electron chi connectivity index (χ4n) is 6.78. The molecule has 3 aromatic heterocycles. The number of nitrogens with zero attached hydrogens (tertiary/aromatic N) is 5. The molecule has 2 aromatic carbocycles. The second-order valence-electron chi connectivity index (χ2n) is 14.0. The van der Waals surface area contributed by atoms with Crippen LogP contribution in [0.1, 0.15) is 66.2 Å². The Kier molecular flexibility index (Phi) is 11.0. The normalized spacial score (nSPS) is 14.8. The number of aryl methyl sites for hydroxylation is 1. The maximum absolute atomic E-state index is 11.9. The first-order chi connectivity index (χ1) is 26.6. The van der Waals surface area contributed by atoms with Gasteiger partial charge in [0.05, 0.1) is 35.9 Å². The van der Waals surface area contributed by atoms with E-state index in [1.165, 1.54) is 11.8 Å². The van der Waals surface area contributed by atoms with Gasteiger partial charge in [0, 0.05) is 40.1 Å². The van der Waals surface area contributed by atoms with E-state index in [2.05, 4.69) is 55.5 Å². The summed E-state index contributed by atoms with van der Waals surface area (Å²) in [4.78, 5) is 30.1. The largest absolute Gasteiger partial charge is 0.481 e. The molecule has 55 heavy (non-hydrogen) atoms. The molecule has 13 heteroatoms. The highest BCUT2D eigenvalue weighted by Crippen LogP contribution is 2.45. The van der Waals surface area contributed by atoms with Crippen LogP contribution in [0.5, 0.6) is 17.6 Å². The summed E-state index contributed by atoms with van der Waals surface area (Å²) in [6, 6.07) is 21.9. The average molecular weight is 822 g/mol. The number of methoxy groups -OCH3 is 1. The van der Waals surface area contributed by atoms with Gasteiger partial charge in [-0.2, -0.15) is 10.2 Å². The number of rotatable bonds is 13. The third-order valence-corrected chi connectivity index (χ3v) is 11.0. The summed E-state index contributed by atoms with van der Waals surface area (Å²) in [6.45, 7) is 4.96. The fourth-order valence-corrected chi connectivity index (χ4v) is 7.68. The minimum absolute atomic E-state index is 0.0917. The molecule has 0 saturated carbocycles. The van der Waals surface area contributed by atoms with E-state index in [1.54, 1.807) is 39.3 Å². The Bertz CT molecular complexity index is 2360. The summed E-state index contributed by atoms with van der Waals surface area (Å²) in [5.41, 5.74) is 7.62. The zero-order chi connectivity index (χ0) is 38.7. The predicted octanol–water partition coefficient (Wildman–Crippen LogP) is 8.54. The molecule has 0 saturated heterocycles. The van der Waals surface area contributed by atoms with Crippen molar-refractivity contribution in [3.63, 3.8) is 0 Å². The van der Waals surface area contributed by atoms with E-state index in [0.717, 1.165) is 63.3 Å². The highest BCUT2D eigenvalue weighted by molar-refractivity contribution is 9.10. The average Bonchev–Trinajstić information content (AvgIpc) is 3.88. The third-order valence-electron chi connectivity index (χ3n) is 9.90. The van der Waals surface area contributed by atoms with Gasteiger partial charge in [-0.05, 0) is 102 Å². The number of aromatic nitrogens is 3. The third kappa shape index (κ3) is 8.00. The number of ether oxygens (including phenoxy) is 3. The van der Waals surface area contributed by atoms with Crippen LogP contribution in [0.3, 0.4) is 0 Å². The number of pyridine rings is 3. The summed E-state index contributed by atoms with van der Waals surface area (Å²) in [7, 11) is 1.62. The minimum Gasteiger partial charge on any atom is -0.481 e. The molecule has 2 aliphatic rings. The summed E-state index contributed by atoms with van der Waals surface area (Å²) in [5, 5.41) is 22.6. The van der Waals surface area contributed by atoms with Crippen LogP contribution in [0.2, 0.25) is 5.02 Å². The molecule has 1 aliphatic heterocycles. The van der Waals surface area contributed by atoms with E-state index in [9.17, 15) is 15.2 Å². The van der Waals surface area contributed by atoms with Crippen LogP contribution in [0.4, 0.5) is 0 Å². The quantitative estimate of drug-likeness (QED) is 0.118. The minimum atomic E-state index is -0.972. The molecule has 4 heterocycles. The van der Waals surface area contributed by atoms with Crippen molar-refractivity contribution in [2.75, 3.05) is 20.2 Å². The number of amidine groups is 1. The zero-order valence-electron chi connectivity index (χ0n) is 30.5. The first kappa shape index (κ1) is 37.8. The number of benzene rings is 2. The Morgan fingerprint density at radius 3 is 2.60 bits per heavy atom. The monoisotopic (exact) mass is 820 g/mol. The molecule has 0 unspecified atom stereocenters. The van der Waals surface area contributed by atoms with Gasteiger partial charge in [-0.25, -0.2) is 4.98 Å². The van der Waals surface area contributed by atoms with Gasteiger partial charge in [-0.15, -0.1) is 0 Å². The summed E-state index contributed by atoms with van der Waals surface area (Å²) >= 11 is 10.7. The predicted molar refractivity (Wildman–Crippen MR) is 213 cm³/mol. The second-order valence-corrected chi connectivity index (χ2v) is 15.2.